The first-order valence-corrected chi connectivity index (χ1v) is 6.90. The topological polar surface area (TPSA) is 36.4 Å². The van der Waals surface area contributed by atoms with Crippen molar-refractivity contribution in [2.24, 2.45) is 5.92 Å². The monoisotopic (exact) mass is 240 g/mol. The number of thiazole rings is 1. The third-order valence-electron chi connectivity index (χ3n) is 3.20. The number of aromatic nitrogens is 1. The second-order valence-corrected chi connectivity index (χ2v) is 5.66. The van der Waals surface area contributed by atoms with Crippen molar-refractivity contribution >= 4 is 11.3 Å². The van der Waals surface area contributed by atoms with Gasteiger partial charge >= 0.3 is 0 Å². The van der Waals surface area contributed by atoms with Crippen molar-refractivity contribution < 1.29 is 5.11 Å². The molecule has 0 amide bonds. The lowest BCUT2D eigenvalue weighted by Crippen LogP contribution is -2.23. The highest BCUT2D eigenvalue weighted by molar-refractivity contribution is 7.09. The van der Waals surface area contributed by atoms with Crippen molar-refractivity contribution in [1.29, 1.82) is 0 Å². The van der Waals surface area contributed by atoms with Gasteiger partial charge in [-0.2, -0.15) is 0 Å². The van der Waals surface area contributed by atoms with Crippen LogP contribution in [0, 0.1) is 12.8 Å². The molecule has 0 aliphatic carbocycles. The predicted molar refractivity (Wildman–Crippen MR) is 66.8 cm³/mol. The molecular weight excluding hydrogens is 220 g/mol. The Morgan fingerprint density at radius 2 is 2.50 bits per heavy atom. The molecule has 0 aromatic carbocycles. The highest BCUT2D eigenvalue weighted by Gasteiger charge is 2.20. The van der Waals surface area contributed by atoms with E-state index in [9.17, 15) is 0 Å². The van der Waals surface area contributed by atoms with Crippen molar-refractivity contribution in [2.75, 3.05) is 26.2 Å². The molecule has 1 aliphatic rings. The maximum Gasteiger partial charge on any atom is 0.0897 e. The summed E-state index contributed by atoms with van der Waals surface area (Å²) in [6.07, 6.45) is 3.43. The number of aryl methyl sites for hydroxylation is 2. The first kappa shape index (κ1) is 12.0. The summed E-state index contributed by atoms with van der Waals surface area (Å²) >= 11 is 1.73. The summed E-state index contributed by atoms with van der Waals surface area (Å²) in [6.45, 7) is 5.78. The largest absolute Gasteiger partial charge is 0.396 e. The van der Waals surface area contributed by atoms with Gasteiger partial charge in [0, 0.05) is 18.5 Å². The van der Waals surface area contributed by atoms with Gasteiger partial charge in [0.25, 0.3) is 0 Å². The summed E-state index contributed by atoms with van der Waals surface area (Å²) in [4.78, 5) is 6.92. The van der Waals surface area contributed by atoms with Crippen LogP contribution in [-0.2, 0) is 6.42 Å². The van der Waals surface area contributed by atoms with E-state index in [4.69, 9.17) is 5.11 Å². The van der Waals surface area contributed by atoms with Crippen molar-refractivity contribution in [3.8, 4) is 0 Å². The number of nitrogens with zero attached hydrogens (tertiary/aromatic N) is 2. The molecule has 1 saturated heterocycles. The van der Waals surface area contributed by atoms with E-state index in [0.29, 0.717) is 12.5 Å². The van der Waals surface area contributed by atoms with Gasteiger partial charge in [-0.15, -0.1) is 11.3 Å². The average molecular weight is 240 g/mol. The fraction of sp³-hybridized carbons (Fsp3) is 0.750. The molecule has 90 valence electrons. The van der Waals surface area contributed by atoms with Crippen LogP contribution in [-0.4, -0.2) is 41.2 Å². The molecule has 1 aromatic rings. The number of aliphatic hydroxyl groups is 1. The Bertz CT molecular complexity index is 327. The molecule has 0 spiro atoms. The molecule has 1 atom stereocenters. The van der Waals surface area contributed by atoms with E-state index in [1.165, 1.54) is 12.1 Å². The molecule has 0 radical (unpaired) electrons. The van der Waals surface area contributed by atoms with Gasteiger partial charge < -0.3 is 10.0 Å². The van der Waals surface area contributed by atoms with Gasteiger partial charge in [-0.25, -0.2) is 4.98 Å². The zero-order valence-corrected chi connectivity index (χ0v) is 10.7. The van der Waals surface area contributed by atoms with Gasteiger partial charge in [0.05, 0.1) is 10.7 Å². The number of aliphatic hydroxyl groups excluding tert-OH is 1. The van der Waals surface area contributed by atoms with Gasteiger partial charge in [0.2, 0.25) is 0 Å². The van der Waals surface area contributed by atoms with Gasteiger partial charge in [0.1, 0.15) is 0 Å². The number of hydrogen-bond acceptors (Lipinski definition) is 4. The van der Waals surface area contributed by atoms with Crippen LogP contribution < -0.4 is 0 Å². The molecule has 0 bridgehead atoms. The summed E-state index contributed by atoms with van der Waals surface area (Å²) < 4.78 is 0. The molecule has 3 nitrogen and oxygen atoms in total. The van der Waals surface area contributed by atoms with Crippen molar-refractivity contribution in [3.63, 3.8) is 0 Å². The standard InChI is InChI=1S/C12H20N2OS/c1-10-13-12(9-16-10)3-2-5-14-6-4-11(7-14)8-15/h9,11,15H,2-8H2,1H3. The zero-order chi connectivity index (χ0) is 11.4. The third-order valence-corrected chi connectivity index (χ3v) is 4.02. The average Bonchev–Trinajstić information content (AvgIpc) is 2.88. The molecule has 1 N–H and O–H groups in total. The first-order chi connectivity index (χ1) is 7.78. The van der Waals surface area contributed by atoms with Crippen LogP contribution in [0.15, 0.2) is 5.38 Å². The summed E-state index contributed by atoms with van der Waals surface area (Å²) in [5.74, 6) is 0.515. The smallest absolute Gasteiger partial charge is 0.0897 e. The highest BCUT2D eigenvalue weighted by atomic mass is 32.1. The number of hydrogen-bond donors (Lipinski definition) is 1. The molecule has 1 unspecified atom stereocenters. The van der Waals surface area contributed by atoms with Crippen LogP contribution in [0.2, 0.25) is 0 Å². The molecule has 1 fully saturated rings. The van der Waals surface area contributed by atoms with Crippen LogP contribution in [0.4, 0.5) is 0 Å². The quantitative estimate of drug-likeness (QED) is 0.851. The summed E-state index contributed by atoms with van der Waals surface area (Å²) in [5, 5.41) is 12.4. The minimum atomic E-state index is 0.349. The van der Waals surface area contributed by atoms with Crippen LogP contribution in [0.25, 0.3) is 0 Å². The maximum atomic E-state index is 9.05. The lowest BCUT2D eigenvalue weighted by Gasteiger charge is -2.14. The maximum absolute atomic E-state index is 9.05. The Labute approximate surface area is 101 Å². The predicted octanol–water partition coefficient (Wildman–Crippen LogP) is 1.70. The number of likely N-dealkylation sites (tertiary alicyclic amines) is 1. The Morgan fingerprint density at radius 1 is 1.62 bits per heavy atom. The SMILES string of the molecule is Cc1nc(CCCN2CCC(CO)C2)cs1. The van der Waals surface area contributed by atoms with Gasteiger partial charge in [-0.05, 0) is 45.2 Å². The van der Waals surface area contributed by atoms with Gasteiger partial charge in [-0.1, -0.05) is 0 Å². The van der Waals surface area contributed by atoms with Gasteiger partial charge in [0.15, 0.2) is 0 Å². The van der Waals surface area contributed by atoms with E-state index in [2.05, 4.69) is 22.2 Å². The fourth-order valence-corrected chi connectivity index (χ4v) is 2.92. The highest BCUT2D eigenvalue weighted by Crippen LogP contribution is 2.16. The Balaban J connectivity index is 1.65. The minimum absolute atomic E-state index is 0.349. The lowest BCUT2D eigenvalue weighted by atomic mass is 10.1. The van der Waals surface area contributed by atoms with Gasteiger partial charge in [-0.3, -0.25) is 0 Å². The first-order valence-electron chi connectivity index (χ1n) is 6.02. The molecular formula is C12H20N2OS. The number of rotatable bonds is 5. The van der Waals surface area contributed by atoms with Crippen LogP contribution >= 0.6 is 11.3 Å². The Morgan fingerprint density at radius 3 is 3.12 bits per heavy atom. The van der Waals surface area contributed by atoms with E-state index in [1.807, 2.05) is 0 Å². The summed E-state index contributed by atoms with van der Waals surface area (Å²) in [5.41, 5.74) is 1.24. The fourth-order valence-electron chi connectivity index (χ4n) is 2.27. The summed E-state index contributed by atoms with van der Waals surface area (Å²) in [6, 6.07) is 0. The third kappa shape index (κ3) is 3.27. The van der Waals surface area contributed by atoms with Crippen LogP contribution in [0.5, 0.6) is 0 Å². The van der Waals surface area contributed by atoms with Crippen LogP contribution in [0.1, 0.15) is 23.5 Å². The molecule has 0 saturated carbocycles. The van der Waals surface area contributed by atoms with Crippen molar-refractivity contribution in [2.45, 2.75) is 26.2 Å². The minimum Gasteiger partial charge on any atom is -0.396 e. The Kier molecular flexibility index (Phi) is 4.32. The molecule has 16 heavy (non-hydrogen) atoms. The normalized spacial score (nSPS) is 21.8. The van der Waals surface area contributed by atoms with Crippen molar-refractivity contribution in [1.82, 2.24) is 9.88 Å². The van der Waals surface area contributed by atoms with E-state index in [0.717, 1.165) is 37.5 Å². The van der Waals surface area contributed by atoms with E-state index < -0.39 is 0 Å². The summed E-state index contributed by atoms with van der Waals surface area (Å²) in [7, 11) is 0. The lowest BCUT2D eigenvalue weighted by molar-refractivity contribution is 0.221. The zero-order valence-electron chi connectivity index (χ0n) is 9.85. The van der Waals surface area contributed by atoms with Crippen molar-refractivity contribution in [3.05, 3.63) is 16.1 Å². The second kappa shape index (κ2) is 5.75. The second-order valence-electron chi connectivity index (χ2n) is 4.60. The molecule has 2 rings (SSSR count). The molecule has 2 heterocycles. The van der Waals surface area contributed by atoms with E-state index in [1.54, 1.807) is 11.3 Å². The molecule has 4 heteroatoms. The molecule has 1 aliphatic heterocycles. The van der Waals surface area contributed by atoms with E-state index in [-0.39, 0.29) is 0 Å². The van der Waals surface area contributed by atoms with Crippen LogP contribution in [0.3, 0.4) is 0 Å². The van der Waals surface area contributed by atoms with E-state index >= 15 is 0 Å². The Hall–Kier alpha value is -0.450. The molecule has 1 aromatic heterocycles.